The first-order chi connectivity index (χ1) is 9.31. The third-order valence-electron chi connectivity index (χ3n) is 2.55. The summed E-state index contributed by atoms with van der Waals surface area (Å²) in [6.45, 7) is 0. The van der Waals surface area contributed by atoms with E-state index in [0.29, 0.717) is 12.1 Å². The molecule has 0 aliphatic heterocycles. The van der Waals surface area contributed by atoms with Crippen LogP contribution in [0.3, 0.4) is 0 Å². The van der Waals surface area contributed by atoms with E-state index >= 15 is 0 Å². The summed E-state index contributed by atoms with van der Waals surface area (Å²) in [5, 5.41) is 8.84. The number of carboxylic acids is 1. The summed E-state index contributed by atoms with van der Waals surface area (Å²) in [4.78, 5) is 10.4. The molecule has 0 spiro atoms. The Bertz CT molecular complexity index is 764. The fourth-order valence-corrected chi connectivity index (χ4v) is 2.86. The molecule has 20 heavy (non-hydrogen) atoms. The molecule has 0 saturated carbocycles. The van der Waals surface area contributed by atoms with E-state index in [4.69, 9.17) is 9.52 Å². The Morgan fingerprint density at radius 1 is 1.20 bits per heavy atom. The molecule has 1 aromatic heterocycles. The number of benzene rings is 1. The zero-order valence-corrected chi connectivity index (χ0v) is 10.7. The zero-order chi connectivity index (χ0) is 14.9. The molecule has 8 heteroatoms. The number of carboxylic acid groups (broad SMARTS) is 1. The van der Waals surface area contributed by atoms with Crippen LogP contribution in [0.15, 0.2) is 39.8 Å². The van der Waals surface area contributed by atoms with E-state index in [1.165, 1.54) is 0 Å². The van der Waals surface area contributed by atoms with Crippen LogP contribution in [-0.2, 0) is 15.6 Å². The van der Waals surface area contributed by atoms with Crippen molar-refractivity contribution in [3.63, 3.8) is 0 Å². The van der Waals surface area contributed by atoms with Crippen LogP contribution in [0.5, 0.6) is 0 Å². The molecule has 0 unspecified atom stereocenters. The standard InChI is InChI=1S/C12H8F2O5S/c13-9-2-1-7(5-10(9)14)20(17,18)6-11-8(12(15)16)3-4-19-11/h1-5H,6H2,(H,15,16). The van der Waals surface area contributed by atoms with E-state index in [9.17, 15) is 22.0 Å². The molecule has 0 bridgehead atoms. The zero-order valence-electron chi connectivity index (χ0n) is 9.84. The van der Waals surface area contributed by atoms with Gasteiger partial charge in [0.05, 0.1) is 11.2 Å². The first-order valence-corrected chi connectivity index (χ1v) is 6.94. The van der Waals surface area contributed by atoms with Gasteiger partial charge in [-0.05, 0) is 24.3 Å². The molecule has 2 aromatic rings. The van der Waals surface area contributed by atoms with Crippen molar-refractivity contribution in [1.82, 2.24) is 0 Å². The van der Waals surface area contributed by atoms with E-state index in [1.54, 1.807) is 0 Å². The number of aromatic carboxylic acids is 1. The molecular formula is C12H8F2O5S. The minimum Gasteiger partial charge on any atom is -0.478 e. The van der Waals surface area contributed by atoms with Crippen molar-refractivity contribution in [2.45, 2.75) is 10.6 Å². The van der Waals surface area contributed by atoms with Crippen LogP contribution in [0.25, 0.3) is 0 Å². The summed E-state index contributed by atoms with van der Waals surface area (Å²) < 4.78 is 54.6. The van der Waals surface area contributed by atoms with Crippen molar-refractivity contribution in [2.24, 2.45) is 0 Å². The number of hydrogen-bond donors (Lipinski definition) is 1. The molecule has 0 atom stereocenters. The Morgan fingerprint density at radius 2 is 1.90 bits per heavy atom. The van der Waals surface area contributed by atoms with Crippen molar-refractivity contribution in [2.75, 3.05) is 0 Å². The summed E-state index contributed by atoms with van der Waals surface area (Å²) in [6.07, 6.45) is 1.04. The van der Waals surface area contributed by atoms with E-state index in [-0.39, 0.29) is 11.3 Å². The number of sulfone groups is 1. The molecule has 0 amide bonds. The van der Waals surface area contributed by atoms with Gasteiger partial charge in [-0.3, -0.25) is 0 Å². The van der Waals surface area contributed by atoms with Crippen LogP contribution in [0.1, 0.15) is 16.1 Å². The number of rotatable bonds is 4. The molecule has 0 fully saturated rings. The van der Waals surface area contributed by atoms with E-state index in [0.717, 1.165) is 18.4 Å². The highest BCUT2D eigenvalue weighted by atomic mass is 32.2. The fraction of sp³-hybridized carbons (Fsp3) is 0.0833. The second-order valence-corrected chi connectivity index (χ2v) is 5.89. The van der Waals surface area contributed by atoms with Crippen molar-refractivity contribution >= 4 is 15.8 Å². The van der Waals surface area contributed by atoms with Crippen molar-refractivity contribution in [3.05, 3.63) is 53.5 Å². The molecule has 0 aliphatic rings. The van der Waals surface area contributed by atoms with Gasteiger partial charge in [0.2, 0.25) is 0 Å². The topological polar surface area (TPSA) is 84.6 Å². The van der Waals surface area contributed by atoms with Gasteiger partial charge in [0.25, 0.3) is 0 Å². The molecule has 5 nitrogen and oxygen atoms in total. The van der Waals surface area contributed by atoms with Crippen molar-refractivity contribution < 1.29 is 31.5 Å². The average Bonchev–Trinajstić information content (AvgIpc) is 2.80. The van der Waals surface area contributed by atoms with Gasteiger partial charge < -0.3 is 9.52 Å². The quantitative estimate of drug-likeness (QED) is 0.875. The molecule has 1 aromatic carbocycles. The van der Waals surface area contributed by atoms with Gasteiger partial charge in [0.15, 0.2) is 21.5 Å². The summed E-state index contributed by atoms with van der Waals surface area (Å²) in [5.41, 5.74) is -0.295. The van der Waals surface area contributed by atoms with Crippen molar-refractivity contribution in [1.29, 1.82) is 0 Å². The van der Waals surface area contributed by atoms with Crippen LogP contribution in [0.2, 0.25) is 0 Å². The fourth-order valence-electron chi connectivity index (χ4n) is 1.57. The first-order valence-electron chi connectivity index (χ1n) is 5.29. The number of halogens is 2. The van der Waals surface area contributed by atoms with Crippen LogP contribution in [0.4, 0.5) is 8.78 Å². The van der Waals surface area contributed by atoms with E-state index < -0.39 is 38.1 Å². The van der Waals surface area contributed by atoms with Crippen LogP contribution >= 0.6 is 0 Å². The number of furan rings is 1. The summed E-state index contributed by atoms with van der Waals surface area (Å²) in [5.74, 6) is -4.85. The Labute approximate surface area is 112 Å². The predicted octanol–water partition coefficient (Wildman–Crippen LogP) is 2.23. The normalized spacial score (nSPS) is 11.5. The summed E-state index contributed by atoms with van der Waals surface area (Å²) >= 11 is 0. The SMILES string of the molecule is O=C(O)c1ccoc1CS(=O)(=O)c1ccc(F)c(F)c1. The van der Waals surface area contributed by atoms with Crippen LogP contribution < -0.4 is 0 Å². The lowest BCUT2D eigenvalue weighted by Gasteiger charge is -2.04. The highest BCUT2D eigenvalue weighted by Gasteiger charge is 2.23. The molecular weight excluding hydrogens is 294 g/mol. The second kappa shape index (κ2) is 5.04. The highest BCUT2D eigenvalue weighted by Crippen LogP contribution is 2.21. The minimum atomic E-state index is -4.04. The lowest BCUT2D eigenvalue weighted by molar-refractivity contribution is 0.0695. The molecule has 0 radical (unpaired) electrons. The van der Waals surface area contributed by atoms with Gasteiger partial charge in [0, 0.05) is 0 Å². The average molecular weight is 302 g/mol. The van der Waals surface area contributed by atoms with Crippen LogP contribution in [-0.4, -0.2) is 19.5 Å². The van der Waals surface area contributed by atoms with Crippen molar-refractivity contribution in [3.8, 4) is 0 Å². The highest BCUT2D eigenvalue weighted by molar-refractivity contribution is 7.90. The Kier molecular flexibility index (Phi) is 3.58. The van der Waals surface area contributed by atoms with Crippen LogP contribution in [0, 0.1) is 11.6 Å². The maximum atomic E-state index is 13.0. The van der Waals surface area contributed by atoms with Gasteiger partial charge in [0.1, 0.15) is 17.1 Å². The lowest BCUT2D eigenvalue weighted by Crippen LogP contribution is -2.08. The Hall–Kier alpha value is -2.22. The Morgan fingerprint density at radius 3 is 2.50 bits per heavy atom. The molecule has 1 N–H and O–H groups in total. The molecule has 106 valence electrons. The molecule has 0 aliphatic carbocycles. The second-order valence-electron chi connectivity index (χ2n) is 3.90. The molecule has 0 saturated heterocycles. The smallest absolute Gasteiger partial charge is 0.339 e. The van der Waals surface area contributed by atoms with Gasteiger partial charge in [-0.1, -0.05) is 0 Å². The maximum absolute atomic E-state index is 13.0. The lowest BCUT2D eigenvalue weighted by atomic mass is 10.3. The summed E-state index contributed by atoms with van der Waals surface area (Å²) in [6, 6.07) is 3.23. The maximum Gasteiger partial charge on any atom is 0.339 e. The largest absolute Gasteiger partial charge is 0.478 e. The van der Waals surface area contributed by atoms with Gasteiger partial charge in [-0.25, -0.2) is 22.0 Å². The predicted molar refractivity (Wildman–Crippen MR) is 62.9 cm³/mol. The van der Waals surface area contributed by atoms with Gasteiger partial charge in [-0.15, -0.1) is 0 Å². The van der Waals surface area contributed by atoms with Gasteiger partial charge in [-0.2, -0.15) is 0 Å². The Balaban J connectivity index is 2.38. The van der Waals surface area contributed by atoms with E-state index in [1.807, 2.05) is 0 Å². The van der Waals surface area contributed by atoms with Gasteiger partial charge >= 0.3 is 5.97 Å². The summed E-state index contributed by atoms with van der Waals surface area (Å²) in [7, 11) is -4.04. The first kappa shape index (κ1) is 14.2. The minimum absolute atomic E-state index is 0.276. The number of hydrogen-bond acceptors (Lipinski definition) is 4. The third-order valence-corrected chi connectivity index (χ3v) is 4.16. The number of carbonyl (C=O) groups is 1. The monoisotopic (exact) mass is 302 g/mol. The third kappa shape index (κ3) is 2.69. The molecule has 1 heterocycles. The molecule has 2 rings (SSSR count). The van der Waals surface area contributed by atoms with E-state index in [2.05, 4.69) is 0 Å².